The van der Waals surface area contributed by atoms with Gasteiger partial charge in [-0.25, -0.2) is 26.6 Å². The number of amides is 1. The first kappa shape index (κ1) is 22.7. The van der Waals surface area contributed by atoms with Crippen LogP contribution in [0.5, 0.6) is 0 Å². The lowest BCUT2D eigenvalue weighted by Crippen LogP contribution is -2.12. The molecule has 1 amide bonds. The Morgan fingerprint density at radius 3 is 2.00 bits per heavy atom. The molecule has 0 aliphatic carbocycles. The number of nitrogens with zero attached hydrogens (tertiary/aromatic N) is 1. The summed E-state index contributed by atoms with van der Waals surface area (Å²) in [6, 6.07) is 14.1. The zero-order valence-corrected chi connectivity index (χ0v) is 18.6. The quantitative estimate of drug-likeness (QED) is 0.400. The number of hydrogen-bond donors (Lipinski definition) is 1. The van der Waals surface area contributed by atoms with Crippen molar-refractivity contribution in [1.82, 2.24) is 4.98 Å². The number of hydrogen-bond acceptors (Lipinski definition) is 5. The van der Waals surface area contributed by atoms with Crippen LogP contribution in [0.2, 0.25) is 0 Å². The van der Waals surface area contributed by atoms with E-state index >= 15 is 0 Å². The molecule has 1 heterocycles. The molecule has 0 bridgehead atoms. The topological polar surface area (TPSA) is 76.1 Å². The van der Waals surface area contributed by atoms with Gasteiger partial charge in [0.05, 0.1) is 15.5 Å². The first-order valence-corrected chi connectivity index (χ1v) is 12.2. The number of halogens is 3. The van der Waals surface area contributed by atoms with Gasteiger partial charge in [0.2, 0.25) is 0 Å². The molecule has 0 aliphatic heterocycles. The van der Waals surface area contributed by atoms with Crippen molar-refractivity contribution in [2.45, 2.75) is 4.90 Å². The van der Waals surface area contributed by atoms with Crippen LogP contribution in [0, 0.1) is 17.5 Å². The smallest absolute Gasteiger partial charge is 0.257 e. The average molecular weight is 489 g/mol. The Hall–Kier alpha value is -3.50. The van der Waals surface area contributed by atoms with Crippen LogP contribution in [0.15, 0.2) is 71.6 Å². The third kappa shape index (κ3) is 5.12. The van der Waals surface area contributed by atoms with Crippen molar-refractivity contribution in [3.63, 3.8) is 0 Å². The van der Waals surface area contributed by atoms with E-state index in [1.165, 1.54) is 36.4 Å². The number of nitrogens with one attached hydrogen (secondary N) is 1. The molecule has 4 aromatic rings. The van der Waals surface area contributed by atoms with Crippen molar-refractivity contribution in [2.75, 3.05) is 11.6 Å². The zero-order chi connectivity index (χ0) is 23.8. The van der Waals surface area contributed by atoms with Crippen LogP contribution < -0.4 is 5.32 Å². The molecule has 0 atom stereocenters. The van der Waals surface area contributed by atoms with Crippen LogP contribution >= 0.6 is 11.3 Å². The normalized spacial score (nSPS) is 11.4. The third-order valence-electron chi connectivity index (χ3n) is 4.63. The Bertz CT molecular complexity index is 1430. The van der Waals surface area contributed by atoms with Gasteiger partial charge in [0.25, 0.3) is 5.91 Å². The maximum absolute atomic E-state index is 13.5. The summed E-state index contributed by atoms with van der Waals surface area (Å²) in [5, 5.41) is 2.67. The molecule has 0 saturated carbocycles. The van der Waals surface area contributed by atoms with E-state index in [9.17, 15) is 26.4 Å². The molecule has 5 nitrogen and oxygen atoms in total. The maximum atomic E-state index is 13.5. The number of aromatic nitrogens is 1. The van der Waals surface area contributed by atoms with Crippen molar-refractivity contribution in [1.29, 1.82) is 0 Å². The van der Waals surface area contributed by atoms with Crippen LogP contribution in [0.3, 0.4) is 0 Å². The fraction of sp³-hybridized carbons (Fsp3) is 0.0435. The number of carbonyl (C=O) groups excluding carboxylic acids is 1. The fourth-order valence-corrected chi connectivity index (χ4v) is 4.70. The van der Waals surface area contributed by atoms with Gasteiger partial charge < -0.3 is 0 Å². The van der Waals surface area contributed by atoms with Gasteiger partial charge >= 0.3 is 0 Å². The number of benzene rings is 3. The molecule has 0 radical (unpaired) electrons. The fourth-order valence-electron chi connectivity index (χ4n) is 3.08. The van der Waals surface area contributed by atoms with Gasteiger partial charge in [-0.05, 0) is 54.1 Å². The Balaban J connectivity index is 1.75. The van der Waals surface area contributed by atoms with Crippen LogP contribution in [0.1, 0.15) is 10.4 Å². The summed E-state index contributed by atoms with van der Waals surface area (Å²) in [7, 11) is -3.39. The Labute approximate surface area is 191 Å². The summed E-state index contributed by atoms with van der Waals surface area (Å²) in [6.07, 6.45) is 1.10. The first-order valence-electron chi connectivity index (χ1n) is 9.45. The van der Waals surface area contributed by atoms with E-state index in [1.54, 1.807) is 12.1 Å². The molecule has 168 valence electrons. The summed E-state index contributed by atoms with van der Waals surface area (Å²) in [6.45, 7) is 0. The van der Waals surface area contributed by atoms with Crippen molar-refractivity contribution in [2.24, 2.45) is 0 Å². The second kappa shape index (κ2) is 8.80. The summed E-state index contributed by atoms with van der Waals surface area (Å²) in [5.41, 5.74) is 1.39. The van der Waals surface area contributed by atoms with E-state index in [0.717, 1.165) is 29.7 Å². The largest absolute Gasteiger partial charge is 0.298 e. The first-order chi connectivity index (χ1) is 15.6. The molecule has 4 rings (SSSR count). The average Bonchev–Trinajstić information content (AvgIpc) is 3.16. The monoisotopic (exact) mass is 488 g/mol. The van der Waals surface area contributed by atoms with E-state index in [2.05, 4.69) is 10.3 Å². The van der Waals surface area contributed by atoms with Crippen LogP contribution in [0.25, 0.3) is 21.7 Å². The van der Waals surface area contributed by atoms with E-state index in [-0.39, 0.29) is 15.6 Å². The molecule has 1 aromatic heterocycles. The summed E-state index contributed by atoms with van der Waals surface area (Å²) >= 11 is 1.08. The van der Waals surface area contributed by atoms with E-state index < -0.39 is 33.2 Å². The van der Waals surface area contributed by atoms with E-state index in [1.807, 2.05) is 0 Å². The van der Waals surface area contributed by atoms with Gasteiger partial charge in [0.15, 0.2) is 15.0 Å². The molecule has 0 saturated heterocycles. The lowest BCUT2D eigenvalue weighted by molar-refractivity contribution is 0.102. The van der Waals surface area contributed by atoms with Gasteiger partial charge in [-0.2, -0.15) is 0 Å². The molecule has 0 unspecified atom stereocenters. The van der Waals surface area contributed by atoms with Gasteiger partial charge in [0.1, 0.15) is 17.5 Å². The summed E-state index contributed by atoms with van der Waals surface area (Å²) in [4.78, 5) is 17.7. The van der Waals surface area contributed by atoms with Gasteiger partial charge in [-0.15, -0.1) is 0 Å². The summed E-state index contributed by atoms with van der Waals surface area (Å²) < 4.78 is 63.9. The minimum Gasteiger partial charge on any atom is -0.298 e. The van der Waals surface area contributed by atoms with Crippen LogP contribution in [-0.4, -0.2) is 25.6 Å². The SMILES string of the molecule is CS(=O)(=O)c1ccc(-c2sc(NC(=O)c3cc(F)cc(F)c3)nc2-c2ccc(F)cc2)cc1. The minimum atomic E-state index is -3.39. The zero-order valence-electron chi connectivity index (χ0n) is 17.0. The molecule has 0 aliphatic rings. The standard InChI is InChI=1S/C23H15F3N2O3S2/c1-33(30,31)19-8-4-14(5-9-19)21-20(13-2-6-16(24)7-3-13)27-23(32-21)28-22(29)15-10-17(25)12-18(26)11-15/h2-12H,1H3,(H,27,28,29). The van der Waals surface area contributed by atoms with Gasteiger partial charge in [-0.1, -0.05) is 23.5 Å². The molecule has 0 fully saturated rings. The molecule has 10 heteroatoms. The number of anilines is 1. The number of carbonyl (C=O) groups is 1. The number of sulfone groups is 1. The molecule has 1 N–H and O–H groups in total. The second-order valence-corrected chi connectivity index (χ2v) is 10.1. The lowest BCUT2D eigenvalue weighted by atomic mass is 10.1. The molecule has 3 aromatic carbocycles. The Morgan fingerprint density at radius 2 is 1.42 bits per heavy atom. The van der Waals surface area contributed by atoms with Gasteiger partial charge in [0, 0.05) is 23.4 Å². The van der Waals surface area contributed by atoms with E-state index in [4.69, 9.17) is 0 Å². The molecule has 0 spiro atoms. The van der Waals surface area contributed by atoms with Crippen molar-refractivity contribution < 1.29 is 26.4 Å². The maximum Gasteiger partial charge on any atom is 0.257 e. The van der Waals surface area contributed by atoms with Gasteiger partial charge in [-0.3, -0.25) is 10.1 Å². The third-order valence-corrected chi connectivity index (χ3v) is 6.78. The lowest BCUT2D eigenvalue weighted by Gasteiger charge is -2.04. The van der Waals surface area contributed by atoms with Crippen molar-refractivity contribution in [3.05, 3.63) is 89.7 Å². The molecule has 33 heavy (non-hydrogen) atoms. The van der Waals surface area contributed by atoms with Crippen molar-refractivity contribution in [3.8, 4) is 21.7 Å². The Morgan fingerprint density at radius 1 is 0.848 bits per heavy atom. The highest BCUT2D eigenvalue weighted by molar-refractivity contribution is 7.90. The highest BCUT2D eigenvalue weighted by atomic mass is 32.2. The van der Waals surface area contributed by atoms with Crippen LogP contribution in [0.4, 0.5) is 18.3 Å². The second-order valence-electron chi connectivity index (χ2n) is 7.11. The van der Waals surface area contributed by atoms with Crippen molar-refractivity contribution >= 4 is 32.2 Å². The van der Waals surface area contributed by atoms with E-state index in [0.29, 0.717) is 27.8 Å². The Kier molecular flexibility index (Phi) is 6.05. The number of rotatable bonds is 5. The highest BCUT2D eigenvalue weighted by Gasteiger charge is 2.19. The predicted octanol–water partition coefficient (Wildman–Crippen LogP) is 5.55. The molecular formula is C23H15F3N2O3S2. The summed E-state index contributed by atoms with van der Waals surface area (Å²) in [5.74, 6) is -2.97. The highest BCUT2D eigenvalue weighted by Crippen LogP contribution is 2.39. The van der Waals surface area contributed by atoms with Crippen LogP contribution in [-0.2, 0) is 9.84 Å². The molecular weight excluding hydrogens is 473 g/mol. The minimum absolute atomic E-state index is 0.140. The predicted molar refractivity (Wildman–Crippen MR) is 120 cm³/mol. The number of thiazole rings is 1.